The summed E-state index contributed by atoms with van der Waals surface area (Å²) in [6, 6.07) is 4.48. The first-order valence-corrected chi connectivity index (χ1v) is 7.67. The highest BCUT2D eigenvalue weighted by atomic mass is 16.6. The zero-order chi connectivity index (χ0) is 17.6. The van der Waals surface area contributed by atoms with Gasteiger partial charge in [0.1, 0.15) is 16.9 Å². The third-order valence-electron chi connectivity index (χ3n) is 3.28. The molecule has 0 radical (unpaired) electrons. The second kappa shape index (κ2) is 7.81. The average Bonchev–Trinajstić information content (AvgIpc) is 2.46. The van der Waals surface area contributed by atoms with Crippen molar-refractivity contribution in [1.82, 2.24) is 0 Å². The van der Waals surface area contributed by atoms with E-state index in [1.54, 1.807) is 6.07 Å². The number of rotatable bonds is 7. The molecular weight excluding hydrogens is 294 g/mol. The third kappa shape index (κ3) is 5.77. The van der Waals surface area contributed by atoms with Gasteiger partial charge in [-0.05, 0) is 51.8 Å². The van der Waals surface area contributed by atoms with E-state index < -0.39 is 17.5 Å². The van der Waals surface area contributed by atoms with E-state index in [2.05, 4.69) is 13.5 Å². The standard InChI is InChI=1S/C18H25NO4/c1-6-7-10-18(4,5)23-17(21)14-11-13(19)8-9-15(14)22-16(20)12(2)3/h8-9,11H,2,6-7,10,19H2,1,3-5H3. The summed E-state index contributed by atoms with van der Waals surface area (Å²) in [5.41, 5.74) is 5.89. The lowest BCUT2D eigenvalue weighted by Gasteiger charge is -2.25. The van der Waals surface area contributed by atoms with E-state index in [0.717, 1.165) is 19.3 Å². The Balaban J connectivity index is 3.01. The molecular formula is C18H25NO4. The van der Waals surface area contributed by atoms with Crippen molar-refractivity contribution in [3.63, 3.8) is 0 Å². The number of benzene rings is 1. The van der Waals surface area contributed by atoms with E-state index in [9.17, 15) is 9.59 Å². The molecule has 0 unspecified atom stereocenters. The number of carbonyl (C=O) groups is 2. The molecule has 5 nitrogen and oxygen atoms in total. The van der Waals surface area contributed by atoms with Gasteiger partial charge in [0.15, 0.2) is 0 Å². The maximum Gasteiger partial charge on any atom is 0.342 e. The van der Waals surface area contributed by atoms with Crippen molar-refractivity contribution in [2.45, 2.75) is 52.6 Å². The lowest BCUT2D eigenvalue weighted by molar-refractivity contribution is -0.130. The fraction of sp³-hybridized carbons (Fsp3) is 0.444. The molecule has 0 aliphatic carbocycles. The molecule has 1 aromatic rings. The van der Waals surface area contributed by atoms with E-state index in [1.807, 2.05) is 13.8 Å². The number of ether oxygens (including phenoxy) is 2. The molecule has 126 valence electrons. The van der Waals surface area contributed by atoms with Gasteiger partial charge in [0.05, 0.1) is 0 Å². The molecule has 0 amide bonds. The second-order valence-electron chi connectivity index (χ2n) is 6.18. The number of unbranched alkanes of at least 4 members (excludes halogenated alkanes) is 1. The highest BCUT2D eigenvalue weighted by Gasteiger charge is 2.26. The highest BCUT2D eigenvalue weighted by molar-refractivity contribution is 5.96. The number of hydrogen-bond acceptors (Lipinski definition) is 5. The molecule has 0 heterocycles. The van der Waals surface area contributed by atoms with Gasteiger partial charge in [0, 0.05) is 11.3 Å². The molecule has 0 saturated carbocycles. The van der Waals surface area contributed by atoms with Crippen molar-refractivity contribution in [3.05, 3.63) is 35.9 Å². The zero-order valence-electron chi connectivity index (χ0n) is 14.3. The molecule has 0 aromatic heterocycles. The second-order valence-corrected chi connectivity index (χ2v) is 6.18. The summed E-state index contributed by atoms with van der Waals surface area (Å²) in [6.07, 6.45) is 2.72. The van der Waals surface area contributed by atoms with E-state index in [4.69, 9.17) is 15.2 Å². The van der Waals surface area contributed by atoms with Crippen LogP contribution in [-0.4, -0.2) is 17.5 Å². The molecule has 0 aliphatic heterocycles. The van der Waals surface area contributed by atoms with E-state index >= 15 is 0 Å². The van der Waals surface area contributed by atoms with Crippen LogP contribution >= 0.6 is 0 Å². The fourth-order valence-corrected chi connectivity index (χ4v) is 1.94. The minimum Gasteiger partial charge on any atom is -0.456 e. The third-order valence-corrected chi connectivity index (χ3v) is 3.28. The minimum absolute atomic E-state index is 0.114. The van der Waals surface area contributed by atoms with Crippen LogP contribution in [-0.2, 0) is 9.53 Å². The summed E-state index contributed by atoms with van der Waals surface area (Å²) in [5, 5.41) is 0. The molecule has 0 aliphatic rings. The predicted octanol–water partition coefficient (Wildman–Crippen LogP) is 3.88. The monoisotopic (exact) mass is 319 g/mol. The highest BCUT2D eigenvalue weighted by Crippen LogP contribution is 2.26. The summed E-state index contributed by atoms with van der Waals surface area (Å²) in [4.78, 5) is 24.1. The molecule has 0 atom stereocenters. The van der Waals surface area contributed by atoms with E-state index in [-0.39, 0.29) is 16.9 Å². The van der Waals surface area contributed by atoms with Crippen LogP contribution in [0.3, 0.4) is 0 Å². The molecule has 1 aromatic carbocycles. The number of esters is 2. The van der Waals surface area contributed by atoms with E-state index in [1.165, 1.54) is 19.1 Å². The molecule has 5 heteroatoms. The van der Waals surface area contributed by atoms with Crippen molar-refractivity contribution in [2.75, 3.05) is 5.73 Å². The predicted molar refractivity (Wildman–Crippen MR) is 90.3 cm³/mol. The van der Waals surface area contributed by atoms with Crippen molar-refractivity contribution in [1.29, 1.82) is 0 Å². The normalized spacial score (nSPS) is 11.0. The van der Waals surface area contributed by atoms with Crippen LogP contribution in [0.5, 0.6) is 5.75 Å². The Morgan fingerprint density at radius 3 is 2.52 bits per heavy atom. The molecule has 0 saturated heterocycles. The smallest absolute Gasteiger partial charge is 0.342 e. The van der Waals surface area contributed by atoms with Gasteiger partial charge in [-0.3, -0.25) is 0 Å². The average molecular weight is 319 g/mol. The van der Waals surface area contributed by atoms with Crippen LogP contribution < -0.4 is 10.5 Å². The van der Waals surface area contributed by atoms with E-state index in [0.29, 0.717) is 5.69 Å². The van der Waals surface area contributed by atoms with Gasteiger partial charge in [0.2, 0.25) is 0 Å². The van der Waals surface area contributed by atoms with Crippen LogP contribution in [0, 0.1) is 0 Å². The molecule has 1 rings (SSSR count). The van der Waals surface area contributed by atoms with Crippen molar-refractivity contribution < 1.29 is 19.1 Å². The molecule has 23 heavy (non-hydrogen) atoms. The summed E-state index contributed by atoms with van der Waals surface area (Å²) in [7, 11) is 0. The Morgan fingerprint density at radius 2 is 1.96 bits per heavy atom. The number of anilines is 1. The molecule has 0 bridgehead atoms. The quantitative estimate of drug-likeness (QED) is 0.357. The summed E-state index contributed by atoms with van der Waals surface area (Å²) in [5.74, 6) is -1.06. The SMILES string of the molecule is C=C(C)C(=O)Oc1ccc(N)cc1C(=O)OC(C)(C)CCCC. The van der Waals surface area contributed by atoms with Gasteiger partial charge >= 0.3 is 11.9 Å². The van der Waals surface area contributed by atoms with Crippen LogP contribution in [0.25, 0.3) is 0 Å². The van der Waals surface area contributed by atoms with Gasteiger partial charge in [-0.25, -0.2) is 9.59 Å². The van der Waals surface area contributed by atoms with Gasteiger partial charge in [-0.1, -0.05) is 19.9 Å². The van der Waals surface area contributed by atoms with Gasteiger partial charge < -0.3 is 15.2 Å². The Hall–Kier alpha value is -2.30. The molecule has 0 spiro atoms. The summed E-state index contributed by atoms with van der Waals surface area (Å²) in [6.45, 7) is 10.8. The Bertz CT molecular complexity index is 605. The number of nitrogen functional groups attached to an aromatic ring is 1. The first-order chi connectivity index (χ1) is 10.7. The lowest BCUT2D eigenvalue weighted by Crippen LogP contribution is -2.28. The Morgan fingerprint density at radius 1 is 1.30 bits per heavy atom. The van der Waals surface area contributed by atoms with Crippen LogP contribution in [0.1, 0.15) is 57.3 Å². The topological polar surface area (TPSA) is 78.6 Å². The van der Waals surface area contributed by atoms with Crippen molar-refractivity contribution in [3.8, 4) is 5.75 Å². The number of nitrogens with two attached hydrogens (primary N) is 1. The van der Waals surface area contributed by atoms with Crippen molar-refractivity contribution >= 4 is 17.6 Å². The van der Waals surface area contributed by atoms with Crippen LogP contribution in [0.2, 0.25) is 0 Å². The summed E-state index contributed by atoms with van der Waals surface area (Å²) >= 11 is 0. The largest absolute Gasteiger partial charge is 0.456 e. The first-order valence-electron chi connectivity index (χ1n) is 7.67. The summed E-state index contributed by atoms with van der Waals surface area (Å²) < 4.78 is 10.7. The van der Waals surface area contributed by atoms with Gasteiger partial charge in [-0.15, -0.1) is 0 Å². The lowest BCUT2D eigenvalue weighted by atomic mass is 10.0. The zero-order valence-corrected chi connectivity index (χ0v) is 14.3. The maximum atomic E-state index is 12.5. The van der Waals surface area contributed by atoms with Gasteiger partial charge in [-0.2, -0.15) is 0 Å². The molecule has 2 N–H and O–H groups in total. The number of carbonyl (C=O) groups excluding carboxylic acids is 2. The number of hydrogen-bond donors (Lipinski definition) is 1. The first kappa shape index (κ1) is 18.7. The Kier molecular flexibility index (Phi) is 6.37. The van der Waals surface area contributed by atoms with Crippen molar-refractivity contribution in [2.24, 2.45) is 0 Å². The minimum atomic E-state index is -0.604. The van der Waals surface area contributed by atoms with Crippen LogP contribution in [0.15, 0.2) is 30.4 Å². The van der Waals surface area contributed by atoms with Gasteiger partial charge in [0.25, 0.3) is 0 Å². The maximum absolute atomic E-state index is 12.5. The fourth-order valence-electron chi connectivity index (χ4n) is 1.94. The Labute approximate surface area is 137 Å². The van der Waals surface area contributed by atoms with Crippen LogP contribution in [0.4, 0.5) is 5.69 Å². The molecule has 0 fully saturated rings.